The van der Waals surface area contributed by atoms with Gasteiger partial charge < -0.3 is 19.7 Å². The Kier molecular flexibility index (Phi) is 5.11. The Morgan fingerprint density at radius 1 is 1.38 bits per heavy atom. The van der Waals surface area contributed by atoms with Gasteiger partial charge >= 0.3 is 0 Å². The van der Waals surface area contributed by atoms with E-state index in [0.29, 0.717) is 30.4 Å². The smallest absolute Gasteiger partial charge is 0.244 e. The van der Waals surface area contributed by atoms with Gasteiger partial charge in [-0.05, 0) is 30.7 Å². The van der Waals surface area contributed by atoms with E-state index in [9.17, 15) is 9.50 Å². The maximum absolute atomic E-state index is 12.7. The fourth-order valence-electron chi connectivity index (χ4n) is 2.05. The number of halogens is 2. The van der Waals surface area contributed by atoms with Gasteiger partial charge in [0.2, 0.25) is 11.7 Å². The highest BCUT2D eigenvalue weighted by Gasteiger charge is 2.28. The lowest BCUT2D eigenvalue weighted by Crippen LogP contribution is -2.15. The van der Waals surface area contributed by atoms with E-state index in [-0.39, 0.29) is 37.0 Å². The van der Waals surface area contributed by atoms with Crippen molar-refractivity contribution < 1.29 is 18.8 Å². The summed E-state index contributed by atoms with van der Waals surface area (Å²) in [7, 11) is 0. The second-order valence-electron chi connectivity index (χ2n) is 4.64. The molecule has 1 aromatic carbocycles. The van der Waals surface area contributed by atoms with Crippen LogP contribution in [0.4, 0.5) is 4.39 Å². The molecule has 2 atom stereocenters. The van der Waals surface area contributed by atoms with Crippen LogP contribution in [0.3, 0.4) is 0 Å². The molecular formula is C13H15ClFN3O3. The van der Waals surface area contributed by atoms with Crippen LogP contribution in [0, 0.1) is 5.82 Å². The third-order valence-corrected chi connectivity index (χ3v) is 3.07. The second-order valence-corrected chi connectivity index (χ2v) is 4.64. The van der Waals surface area contributed by atoms with Crippen LogP contribution < -0.4 is 10.1 Å². The molecule has 0 aliphatic carbocycles. The van der Waals surface area contributed by atoms with Crippen LogP contribution in [-0.2, 0) is 6.61 Å². The number of benzene rings is 1. The third-order valence-electron chi connectivity index (χ3n) is 3.07. The molecule has 1 aliphatic heterocycles. The summed E-state index contributed by atoms with van der Waals surface area (Å²) >= 11 is 0. The van der Waals surface area contributed by atoms with Crippen LogP contribution >= 0.6 is 12.4 Å². The molecule has 1 aromatic heterocycles. The highest BCUT2D eigenvalue weighted by molar-refractivity contribution is 5.85. The number of hydrogen-bond acceptors (Lipinski definition) is 6. The molecule has 1 aliphatic rings. The molecule has 0 unspecified atom stereocenters. The molecule has 21 heavy (non-hydrogen) atoms. The largest absolute Gasteiger partial charge is 0.485 e. The summed E-state index contributed by atoms with van der Waals surface area (Å²) in [5, 5.41) is 16.3. The zero-order chi connectivity index (χ0) is 13.9. The van der Waals surface area contributed by atoms with E-state index in [1.165, 1.54) is 24.3 Å². The van der Waals surface area contributed by atoms with Gasteiger partial charge in [0.1, 0.15) is 11.6 Å². The van der Waals surface area contributed by atoms with Crippen LogP contribution in [0.25, 0.3) is 0 Å². The van der Waals surface area contributed by atoms with Crippen LogP contribution in [0.15, 0.2) is 28.8 Å². The average molecular weight is 316 g/mol. The summed E-state index contributed by atoms with van der Waals surface area (Å²) in [5.74, 6) is 1.07. The number of nitrogens with one attached hydrogen (secondary N) is 1. The molecule has 3 rings (SSSR count). The van der Waals surface area contributed by atoms with Crippen molar-refractivity contribution in [1.29, 1.82) is 0 Å². The topological polar surface area (TPSA) is 80.4 Å². The highest BCUT2D eigenvalue weighted by Crippen LogP contribution is 2.22. The van der Waals surface area contributed by atoms with Crippen molar-refractivity contribution in [2.24, 2.45) is 0 Å². The average Bonchev–Trinajstić information content (AvgIpc) is 3.07. The minimum absolute atomic E-state index is 0. The zero-order valence-electron chi connectivity index (χ0n) is 11.0. The highest BCUT2D eigenvalue weighted by atomic mass is 35.5. The van der Waals surface area contributed by atoms with Gasteiger partial charge in [-0.3, -0.25) is 0 Å². The maximum Gasteiger partial charge on any atom is 0.244 e. The van der Waals surface area contributed by atoms with Crippen molar-refractivity contribution >= 4 is 12.4 Å². The van der Waals surface area contributed by atoms with Crippen molar-refractivity contribution in [3.63, 3.8) is 0 Å². The van der Waals surface area contributed by atoms with Gasteiger partial charge in [-0.25, -0.2) is 4.39 Å². The van der Waals surface area contributed by atoms with Crippen molar-refractivity contribution in [1.82, 2.24) is 15.5 Å². The Morgan fingerprint density at radius 2 is 2.14 bits per heavy atom. The number of rotatable bonds is 4. The van der Waals surface area contributed by atoms with Crippen LogP contribution in [0.5, 0.6) is 5.75 Å². The molecule has 114 valence electrons. The fraction of sp³-hybridized carbons (Fsp3) is 0.385. The lowest BCUT2D eigenvalue weighted by Gasteiger charge is -2.03. The van der Waals surface area contributed by atoms with Crippen molar-refractivity contribution in [3.05, 3.63) is 41.8 Å². The van der Waals surface area contributed by atoms with E-state index in [1.807, 2.05) is 0 Å². The molecule has 2 N–H and O–H groups in total. The number of nitrogens with zero attached hydrogens (tertiary/aromatic N) is 2. The quantitative estimate of drug-likeness (QED) is 0.892. The number of aliphatic hydroxyl groups is 1. The van der Waals surface area contributed by atoms with E-state index in [1.54, 1.807) is 0 Å². The molecule has 2 heterocycles. The van der Waals surface area contributed by atoms with E-state index in [4.69, 9.17) is 9.26 Å². The van der Waals surface area contributed by atoms with Gasteiger partial charge in [0.15, 0.2) is 6.61 Å². The first-order valence-corrected chi connectivity index (χ1v) is 6.33. The normalized spacial score (nSPS) is 21.0. The summed E-state index contributed by atoms with van der Waals surface area (Å²) in [4.78, 5) is 4.21. The predicted octanol–water partition coefficient (Wildman–Crippen LogP) is 1.60. The molecule has 8 heteroatoms. The first-order chi connectivity index (χ1) is 9.70. The minimum atomic E-state index is -0.384. The minimum Gasteiger partial charge on any atom is -0.485 e. The van der Waals surface area contributed by atoms with Gasteiger partial charge in [-0.15, -0.1) is 12.4 Å². The monoisotopic (exact) mass is 315 g/mol. The Balaban J connectivity index is 0.00000161. The van der Waals surface area contributed by atoms with Gasteiger partial charge in [0.05, 0.1) is 12.1 Å². The first kappa shape index (κ1) is 15.7. The third kappa shape index (κ3) is 3.90. The molecule has 0 spiro atoms. The molecule has 0 saturated carbocycles. The first-order valence-electron chi connectivity index (χ1n) is 6.33. The molecule has 1 fully saturated rings. The van der Waals surface area contributed by atoms with E-state index in [0.717, 1.165) is 0 Å². The molecular weight excluding hydrogens is 301 g/mol. The standard InChI is InChI=1S/C13H14FN3O3.ClH/c14-8-1-3-10(4-2-8)19-7-12-16-13(20-17-12)11-5-9(18)6-15-11;/h1-4,9,11,15,18H,5-7H2;1H/t9-,11-;/m1./s1. The Hall–Kier alpha value is -1.70. The molecule has 1 saturated heterocycles. The summed E-state index contributed by atoms with van der Waals surface area (Å²) in [6.45, 7) is 0.666. The molecule has 0 amide bonds. The predicted molar refractivity (Wildman–Crippen MR) is 73.6 cm³/mol. The van der Waals surface area contributed by atoms with Crippen molar-refractivity contribution in [3.8, 4) is 5.75 Å². The van der Waals surface area contributed by atoms with Crippen molar-refractivity contribution in [2.45, 2.75) is 25.2 Å². The summed E-state index contributed by atoms with van der Waals surface area (Å²) in [6, 6.07) is 5.59. The van der Waals surface area contributed by atoms with Gasteiger partial charge in [-0.2, -0.15) is 4.98 Å². The van der Waals surface area contributed by atoms with Crippen molar-refractivity contribution in [2.75, 3.05) is 6.54 Å². The second kappa shape index (κ2) is 6.84. The van der Waals surface area contributed by atoms with Crippen LogP contribution in [0.2, 0.25) is 0 Å². The summed E-state index contributed by atoms with van der Waals surface area (Å²) in [5.41, 5.74) is 0. The van der Waals surface area contributed by atoms with Gasteiger partial charge in [0.25, 0.3) is 0 Å². The Morgan fingerprint density at radius 3 is 2.81 bits per heavy atom. The van der Waals surface area contributed by atoms with E-state index in [2.05, 4.69) is 15.5 Å². The maximum atomic E-state index is 12.7. The molecule has 2 aromatic rings. The zero-order valence-corrected chi connectivity index (χ0v) is 11.8. The Labute approximate surface area is 126 Å². The number of aliphatic hydroxyl groups excluding tert-OH is 1. The number of β-amino-alcohol motifs (C(OH)–C–C–N with tert-alkyl or cyclic N) is 1. The lowest BCUT2D eigenvalue weighted by molar-refractivity contribution is 0.191. The van der Waals surface area contributed by atoms with Crippen LogP contribution in [-0.4, -0.2) is 27.9 Å². The van der Waals surface area contributed by atoms with Gasteiger partial charge in [0, 0.05) is 6.54 Å². The van der Waals surface area contributed by atoms with E-state index < -0.39 is 0 Å². The number of ether oxygens (including phenoxy) is 1. The van der Waals surface area contributed by atoms with Crippen LogP contribution in [0.1, 0.15) is 24.2 Å². The fourth-order valence-corrected chi connectivity index (χ4v) is 2.05. The Bertz CT molecular complexity index is 578. The van der Waals surface area contributed by atoms with Gasteiger partial charge in [-0.1, -0.05) is 5.16 Å². The SMILES string of the molecule is Cl.O[C@H]1CN[C@@H](c2nc(COc3ccc(F)cc3)no2)C1. The van der Waals surface area contributed by atoms with E-state index >= 15 is 0 Å². The molecule has 0 radical (unpaired) electrons. The summed E-state index contributed by atoms with van der Waals surface area (Å²) < 4.78 is 23.3. The molecule has 0 bridgehead atoms. The number of hydrogen-bond donors (Lipinski definition) is 2. The lowest BCUT2D eigenvalue weighted by atomic mass is 10.2. The summed E-state index contributed by atoms with van der Waals surface area (Å²) in [6.07, 6.45) is 0.173. The number of aromatic nitrogens is 2. The molecule has 6 nitrogen and oxygen atoms in total.